The number of hydrogen-bond donors (Lipinski definition) is 1. The molecule has 1 aromatic heterocycles. The molecule has 3 aliphatic rings. The second-order valence-corrected chi connectivity index (χ2v) is 14.8. The van der Waals surface area contributed by atoms with Crippen molar-refractivity contribution in [2.75, 3.05) is 38.0 Å². The van der Waals surface area contributed by atoms with Crippen LogP contribution in [0, 0.1) is 11.8 Å². The maximum absolute atomic E-state index is 13.6. The van der Waals surface area contributed by atoms with Crippen molar-refractivity contribution in [2.45, 2.75) is 70.9 Å². The molecule has 2 unspecified atom stereocenters. The molecule has 0 saturated carbocycles. The molecule has 0 spiro atoms. The van der Waals surface area contributed by atoms with Gasteiger partial charge in [0.2, 0.25) is 10.0 Å². The van der Waals surface area contributed by atoms with Crippen molar-refractivity contribution in [1.82, 2.24) is 14.1 Å². The number of anilines is 1. The molecular formula is C29H40N4O4S2. The summed E-state index contributed by atoms with van der Waals surface area (Å²) in [6.45, 7) is 12.7. The average Bonchev–Trinajstić information content (AvgIpc) is 3.55. The van der Waals surface area contributed by atoms with Crippen LogP contribution in [0.15, 0.2) is 29.2 Å². The largest absolute Gasteiger partial charge is 0.339 e. The zero-order valence-electron chi connectivity index (χ0n) is 23.4. The molecule has 10 heteroatoms. The Morgan fingerprint density at radius 2 is 1.64 bits per heavy atom. The summed E-state index contributed by atoms with van der Waals surface area (Å²) < 4.78 is 28.1. The number of fused-ring (bicyclic) bond motifs is 1. The van der Waals surface area contributed by atoms with Crippen LogP contribution in [0.2, 0.25) is 0 Å². The van der Waals surface area contributed by atoms with Crippen LogP contribution < -0.4 is 5.32 Å². The molecular weight excluding hydrogens is 532 g/mol. The molecule has 4 heterocycles. The Balaban J connectivity index is 1.38. The molecule has 2 saturated heterocycles. The number of carbonyl (C=O) groups is 2. The highest BCUT2D eigenvalue weighted by Crippen LogP contribution is 2.39. The summed E-state index contributed by atoms with van der Waals surface area (Å²) >= 11 is 1.50. The topological polar surface area (TPSA) is 90.0 Å². The van der Waals surface area contributed by atoms with Crippen molar-refractivity contribution in [2.24, 2.45) is 11.8 Å². The minimum absolute atomic E-state index is 0.00438. The molecule has 1 aromatic carbocycles. The molecule has 0 aliphatic carbocycles. The van der Waals surface area contributed by atoms with E-state index in [0.717, 1.165) is 62.3 Å². The van der Waals surface area contributed by atoms with E-state index >= 15 is 0 Å². The average molecular weight is 573 g/mol. The zero-order valence-corrected chi connectivity index (χ0v) is 25.0. The summed E-state index contributed by atoms with van der Waals surface area (Å²) in [5.74, 6) is 0.296. The number of amides is 2. The maximum Gasteiger partial charge on any atom is 0.257 e. The Hall–Kier alpha value is -2.27. The first-order chi connectivity index (χ1) is 18.5. The van der Waals surface area contributed by atoms with Gasteiger partial charge in [-0.25, -0.2) is 8.42 Å². The fraction of sp³-hybridized carbons (Fsp3) is 0.586. The van der Waals surface area contributed by atoms with Gasteiger partial charge in [0.25, 0.3) is 11.8 Å². The number of nitrogens with zero attached hydrogens (tertiary/aromatic N) is 3. The van der Waals surface area contributed by atoms with E-state index in [0.29, 0.717) is 47.1 Å². The Labute approximate surface area is 236 Å². The quantitative estimate of drug-likeness (QED) is 0.544. The first kappa shape index (κ1) is 28.3. The predicted octanol–water partition coefficient (Wildman–Crippen LogP) is 4.67. The van der Waals surface area contributed by atoms with Crippen molar-refractivity contribution < 1.29 is 18.0 Å². The Morgan fingerprint density at radius 1 is 1.00 bits per heavy atom. The van der Waals surface area contributed by atoms with E-state index < -0.39 is 10.0 Å². The van der Waals surface area contributed by atoms with E-state index in [1.54, 1.807) is 16.4 Å². The monoisotopic (exact) mass is 572 g/mol. The van der Waals surface area contributed by atoms with E-state index in [-0.39, 0.29) is 16.7 Å². The number of piperidine rings is 1. The normalized spacial score (nSPS) is 22.7. The van der Waals surface area contributed by atoms with Crippen LogP contribution >= 0.6 is 11.3 Å². The molecule has 8 nitrogen and oxygen atoms in total. The molecule has 212 valence electrons. The van der Waals surface area contributed by atoms with Crippen LogP contribution in [0.4, 0.5) is 5.00 Å². The SMILES string of the molecule is CC1CC(C)CN(S(=O)(=O)c2ccc(C(=O)Nc3sc4c(c3C(=O)N3CCCC3)CCN(C(C)C)C4)cc2)C1. The van der Waals surface area contributed by atoms with Crippen molar-refractivity contribution in [1.29, 1.82) is 0 Å². The van der Waals surface area contributed by atoms with E-state index in [1.807, 2.05) is 4.90 Å². The highest BCUT2D eigenvalue weighted by Gasteiger charge is 2.34. The minimum Gasteiger partial charge on any atom is -0.339 e. The van der Waals surface area contributed by atoms with Gasteiger partial charge < -0.3 is 10.2 Å². The second kappa shape index (κ2) is 11.3. The van der Waals surface area contributed by atoms with Gasteiger partial charge in [-0.1, -0.05) is 13.8 Å². The van der Waals surface area contributed by atoms with Crippen LogP contribution in [-0.2, 0) is 23.0 Å². The van der Waals surface area contributed by atoms with Crippen LogP contribution in [0.3, 0.4) is 0 Å². The fourth-order valence-corrected chi connectivity index (χ4v) is 9.10. The zero-order chi connectivity index (χ0) is 27.9. The number of carbonyl (C=O) groups excluding carboxylic acids is 2. The number of benzene rings is 1. The molecule has 0 bridgehead atoms. The molecule has 2 aromatic rings. The number of hydrogen-bond acceptors (Lipinski definition) is 6. The minimum atomic E-state index is -3.62. The summed E-state index contributed by atoms with van der Waals surface area (Å²) in [5.41, 5.74) is 2.07. The second-order valence-electron chi connectivity index (χ2n) is 11.8. The molecule has 0 radical (unpaired) electrons. The third-order valence-electron chi connectivity index (χ3n) is 8.24. The smallest absolute Gasteiger partial charge is 0.257 e. The van der Waals surface area contributed by atoms with Crippen LogP contribution in [0.25, 0.3) is 0 Å². The number of sulfonamides is 1. The predicted molar refractivity (Wildman–Crippen MR) is 155 cm³/mol. The summed E-state index contributed by atoms with van der Waals surface area (Å²) in [4.78, 5) is 32.5. The summed E-state index contributed by atoms with van der Waals surface area (Å²) in [7, 11) is -3.62. The van der Waals surface area contributed by atoms with Gasteiger partial charge in [-0.2, -0.15) is 4.31 Å². The van der Waals surface area contributed by atoms with Gasteiger partial charge in [0, 0.05) is 55.8 Å². The van der Waals surface area contributed by atoms with Crippen molar-refractivity contribution >= 4 is 38.2 Å². The molecule has 1 N–H and O–H groups in total. The van der Waals surface area contributed by atoms with Gasteiger partial charge >= 0.3 is 0 Å². The highest BCUT2D eigenvalue weighted by molar-refractivity contribution is 7.89. The lowest BCUT2D eigenvalue weighted by molar-refractivity contribution is 0.0792. The number of likely N-dealkylation sites (tertiary alicyclic amines) is 1. The third-order valence-corrected chi connectivity index (χ3v) is 11.2. The first-order valence-electron chi connectivity index (χ1n) is 14.1. The van der Waals surface area contributed by atoms with Gasteiger partial charge in [0.05, 0.1) is 10.5 Å². The summed E-state index contributed by atoms with van der Waals surface area (Å²) in [6.07, 6.45) is 3.82. The number of rotatable bonds is 6. The lowest BCUT2D eigenvalue weighted by atomic mass is 9.94. The maximum atomic E-state index is 13.6. The van der Waals surface area contributed by atoms with Crippen molar-refractivity contribution in [3.63, 3.8) is 0 Å². The molecule has 3 aliphatic heterocycles. The summed E-state index contributed by atoms with van der Waals surface area (Å²) in [6, 6.07) is 6.57. The van der Waals surface area contributed by atoms with Crippen molar-refractivity contribution in [3.05, 3.63) is 45.8 Å². The Kier molecular flexibility index (Phi) is 8.20. The molecule has 2 atom stereocenters. The van der Waals surface area contributed by atoms with Crippen LogP contribution in [0.1, 0.15) is 78.1 Å². The van der Waals surface area contributed by atoms with Gasteiger partial charge in [0.1, 0.15) is 5.00 Å². The van der Waals surface area contributed by atoms with Gasteiger partial charge in [-0.3, -0.25) is 14.5 Å². The number of nitrogens with one attached hydrogen (secondary N) is 1. The molecule has 5 rings (SSSR count). The van der Waals surface area contributed by atoms with Gasteiger partial charge in [-0.05, 0) is 81.2 Å². The Bertz CT molecular complexity index is 1320. The lowest BCUT2D eigenvalue weighted by Gasteiger charge is -2.34. The third kappa shape index (κ3) is 5.80. The van der Waals surface area contributed by atoms with E-state index in [2.05, 4.69) is 37.9 Å². The molecule has 39 heavy (non-hydrogen) atoms. The molecule has 2 fully saturated rings. The van der Waals surface area contributed by atoms with Gasteiger partial charge in [-0.15, -0.1) is 11.3 Å². The van der Waals surface area contributed by atoms with Gasteiger partial charge in [0.15, 0.2) is 0 Å². The van der Waals surface area contributed by atoms with E-state index in [9.17, 15) is 18.0 Å². The van der Waals surface area contributed by atoms with E-state index in [1.165, 1.54) is 23.5 Å². The van der Waals surface area contributed by atoms with E-state index in [4.69, 9.17) is 0 Å². The van der Waals surface area contributed by atoms with Crippen LogP contribution in [0.5, 0.6) is 0 Å². The molecule has 2 amide bonds. The highest BCUT2D eigenvalue weighted by atomic mass is 32.2. The Morgan fingerprint density at radius 3 is 2.26 bits per heavy atom. The first-order valence-corrected chi connectivity index (χ1v) is 16.4. The van der Waals surface area contributed by atoms with Crippen LogP contribution in [-0.4, -0.2) is 73.1 Å². The number of thiophene rings is 1. The summed E-state index contributed by atoms with van der Waals surface area (Å²) in [5, 5.41) is 3.62. The fourth-order valence-electron chi connectivity index (χ4n) is 6.16. The van der Waals surface area contributed by atoms with Crippen molar-refractivity contribution in [3.8, 4) is 0 Å². The standard InChI is InChI=1S/C29H40N4O4S2/c1-19(2)32-14-11-24-25(18-32)38-28(26(24)29(35)31-12-5-6-13-31)30-27(34)22-7-9-23(10-8-22)39(36,37)33-16-20(3)15-21(4)17-33/h7-10,19-21H,5-6,11-18H2,1-4H3,(H,30,34). The lowest BCUT2D eigenvalue weighted by Crippen LogP contribution is -2.42.